The Bertz CT molecular complexity index is 971. The van der Waals surface area contributed by atoms with E-state index in [0.29, 0.717) is 35.6 Å². The van der Waals surface area contributed by atoms with Crippen molar-refractivity contribution in [1.29, 1.82) is 0 Å². The van der Waals surface area contributed by atoms with Crippen molar-refractivity contribution in [2.24, 2.45) is 10.2 Å². The minimum Gasteiger partial charge on any atom is -0.493 e. The van der Waals surface area contributed by atoms with E-state index in [9.17, 15) is 4.79 Å². The highest BCUT2D eigenvalue weighted by molar-refractivity contribution is 8.15. The highest BCUT2D eigenvalue weighted by atomic mass is 32.2. The minimum atomic E-state index is -0.200. The zero-order chi connectivity index (χ0) is 22.9. The van der Waals surface area contributed by atoms with Crippen LogP contribution in [-0.4, -0.2) is 36.3 Å². The van der Waals surface area contributed by atoms with Gasteiger partial charge in [0.2, 0.25) is 5.91 Å². The zero-order valence-corrected chi connectivity index (χ0v) is 19.9. The first-order chi connectivity index (χ1) is 15.5. The first-order valence-corrected chi connectivity index (χ1v) is 11.9. The number of amidine groups is 1. The van der Waals surface area contributed by atoms with Gasteiger partial charge in [0, 0.05) is 0 Å². The van der Waals surface area contributed by atoms with E-state index >= 15 is 0 Å². The predicted molar refractivity (Wildman–Crippen MR) is 132 cm³/mol. The summed E-state index contributed by atoms with van der Waals surface area (Å²) < 4.78 is 11.2. The average molecular weight is 454 g/mol. The lowest BCUT2D eigenvalue weighted by Crippen LogP contribution is -2.25. The van der Waals surface area contributed by atoms with Crippen molar-refractivity contribution in [3.05, 3.63) is 59.2 Å². The van der Waals surface area contributed by atoms with Crippen molar-refractivity contribution in [2.75, 3.05) is 13.7 Å². The molecule has 0 unspecified atom stereocenters. The van der Waals surface area contributed by atoms with Gasteiger partial charge in [0.05, 0.1) is 25.2 Å². The molecule has 1 N–H and O–H groups in total. The molecule has 0 bridgehead atoms. The van der Waals surface area contributed by atoms with E-state index in [4.69, 9.17) is 9.47 Å². The summed E-state index contributed by atoms with van der Waals surface area (Å²) in [6, 6.07) is 14.1. The van der Waals surface area contributed by atoms with E-state index in [-0.39, 0.29) is 11.2 Å². The molecule has 1 aliphatic rings. The fourth-order valence-corrected chi connectivity index (χ4v) is 4.16. The normalized spacial score (nSPS) is 17.3. The number of benzene rings is 2. The Morgan fingerprint density at radius 1 is 1.16 bits per heavy atom. The third-order valence-electron chi connectivity index (χ3n) is 5.14. The van der Waals surface area contributed by atoms with Crippen LogP contribution >= 0.6 is 11.8 Å². The summed E-state index contributed by atoms with van der Waals surface area (Å²) in [5.74, 6) is 1.83. The molecule has 1 aliphatic heterocycles. The first-order valence-electron chi connectivity index (χ1n) is 11.0. The van der Waals surface area contributed by atoms with Crippen molar-refractivity contribution in [3.8, 4) is 11.5 Å². The van der Waals surface area contributed by atoms with Crippen LogP contribution in [-0.2, 0) is 11.2 Å². The van der Waals surface area contributed by atoms with Crippen LogP contribution in [0.4, 0.5) is 0 Å². The third kappa shape index (κ3) is 6.60. The summed E-state index contributed by atoms with van der Waals surface area (Å²) in [6.07, 6.45) is 4.37. The van der Waals surface area contributed by atoms with Crippen LogP contribution in [0.3, 0.4) is 0 Å². The number of unbranched alkanes of at least 4 members (excludes halogenated alkanes) is 1. The Labute approximate surface area is 194 Å². The molecule has 1 saturated heterocycles. The van der Waals surface area contributed by atoms with Crippen LogP contribution in [0, 0.1) is 0 Å². The Kier molecular flexibility index (Phi) is 8.73. The summed E-state index contributed by atoms with van der Waals surface area (Å²) >= 11 is 1.41. The van der Waals surface area contributed by atoms with Gasteiger partial charge in [0.1, 0.15) is 0 Å². The summed E-state index contributed by atoms with van der Waals surface area (Å²) in [5, 5.41) is 11.5. The van der Waals surface area contributed by atoms with Gasteiger partial charge in [0.15, 0.2) is 16.7 Å². The molecule has 3 rings (SSSR count). The molecule has 1 heterocycles. The minimum absolute atomic E-state index is 0.0351. The lowest BCUT2D eigenvalue weighted by atomic mass is 10.0. The van der Waals surface area contributed by atoms with Gasteiger partial charge in [0.25, 0.3) is 0 Å². The number of nitrogens with zero attached hydrogens (tertiary/aromatic N) is 2. The smallest absolute Gasteiger partial charge is 0.239 e. The molecule has 2 aromatic carbocycles. The largest absolute Gasteiger partial charge is 0.493 e. The molecular formula is C25H31N3O3S. The van der Waals surface area contributed by atoms with Crippen LogP contribution in [0.2, 0.25) is 0 Å². The Balaban J connectivity index is 1.59. The molecule has 0 aliphatic carbocycles. The monoisotopic (exact) mass is 453 g/mol. The number of carbonyl (C=O) groups excluding carboxylic acids is 1. The van der Waals surface area contributed by atoms with Crippen molar-refractivity contribution >= 4 is 29.1 Å². The van der Waals surface area contributed by atoms with Gasteiger partial charge in [-0.25, -0.2) is 0 Å². The zero-order valence-electron chi connectivity index (χ0n) is 19.1. The average Bonchev–Trinajstić information content (AvgIpc) is 3.13. The predicted octanol–water partition coefficient (Wildman–Crippen LogP) is 5.16. The van der Waals surface area contributed by atoms with Crippen LogP contribution in [0.25, 0.3) is 0 Å². The summed E-state index contributed by atoms with van der Waals surface area (Å²) in [7, 11) is 1.62. The summed E-state index contributed by atoms with van der Waals surface area (Å²) in [5.41, 5.74) is 3.27. The number of hydrogen-bond acceptors (Lipinski definition) is 6. The number of thioether (sulfide) groups is 1. The molecule has 0 spiro atoms. The highest BCUT2D eigenvalue weighted by Crippen LogP contribution is 2.28. The number of carbonyl (C=O) groups is 1. The number of rotatable bonds is 10. The van der Waals surface area contributed by atoms with Crippen molar-refractivity contribution < 1.29 is 14.3 Å². The van der Waals surface area contributed by atoms with Crippen molar-refractivity contribution in [1.82, 2.24) is 5.32 Å². The highest BCUT2D eigenvalue weighted by Gasteiger charge is 2.30. The molecule has 32 heavy (non-hydrogen) atoms. The van der Waals surface area contributed by atoms with Crippen LogP contribution in [0.1, 0.15) is 56.2 Å². The Hall–Kier alpha value is -2.80. The van der Waals surface area contributed by atoms with Gasteiger partial charge in [-0.05, 0) is 53.6 Å². The number of ether oxygens (including phenoxy) is 2. The maximum absolute atomic E-state index is 12.3. The third-order valence-corrected chi connectivity index (χ3v) is 6.21. The summed E-state index contributed by atoms with van der Waals surface area (Å²) in [4.78, 5) is 12.3. The van der Waals surface area contributed by atoms with E-state index in [1.807, 2.05) is 18.2 Å². The van der Waals surface area contributed by atoms with E-state index < -0.39 is 0 Å². The second-order valence-electron chi connectivity index (χ2n) is 7.96. The number of methoxy groups -OCH3 is 1. The molecule has 1 atom stereocenters. The molecule has 2 aromatic rings. The standard InChI is InChI=1S/C25H31N3O3S/c1-5-6-13-31-21-12-9-19(14-22(21)30-4)16-26-28-25-27-24(29)23(32-25)15-18-7-10-20(11-8-18)17(2)3/h7-12,14,16-17,23H,5-6,13,15H2,1-4H3,(H,27,28,29)/b26-16-/t23-/m0/s1. The van der Waals surface area contributed by atoms with Crippen molar-refractivity contribution in [2.45, 2.75) is 51.2 Å². The van der Waals surface area contributed by atoms with Crippen LogP contribution in [0.5, 0.6) is 11.5 Å². The van der Waals surface area contributed by atoms with Crippen LogP contribution in [0.15, 0.2) is 52.7 Å². The van der Waals surface area contributed by atoms with E-state index in [1.54, 1.807) is 13.3 Å². The number of nitrogens with one attached hydrogen (secondary N) is 1. The van der Waals surface area contributed by atoms with E-state index in [2.05, 4.69) is 60.6 Å². The molecule has 0 saturated carbocycles. The topological polar surface area (TPSA) is 72.3 Å². The lowest BCUT2D eigenvalue weighted by molar-refractivity contribution is -0.118. The molecule has 6 nitrogen and oxygen atoms in total. The lowest BCUT2D eigenvalue weighted by Gasteiger charge is -2.10. The molecule has 0 radical (unpaired) electrons. The summed E-state index contributed by atoms with van der Waals surface area (Å²) in [6.45, 7) is 7.13. The molecular weight excluding hydrogens is 422 g/mol. The van der Waals surface area contributed by atoms with Gasteiger partial charge >= 0.3 is 0 Å². The van der Waals surface area contributed by atoms with Gasteiger partial charge in [-0.15, -0.1) is 5.10 Å². The molecule has 1 amide bonds. The van der Waals surface area contributed by atoms with Gasteiger partial charge in [-0.3, -0.25) is 4.79 Å². The van der Waals surface area contributed by atoms with Crippen molar-refractivity contribution in [3.63, 3.8) is 0 Å². The fourth-order valence-electron chi connectivity index (χ4n) is 3.20. The van der Waals surface area contributed by atoms with Crippen LogP contribution < -0.4 is 14.8 Å². The number of amides is 1. The van der Waals surface area contributed by atoms with Gasteiger partial charge < -0.3 is 14.8 Å². The maximum Gasteiger partial charge on any atom is 0.239 e. The van der Waals surface area contributed by atoms with Gasteiger partial charge in [-0.2, -0.15) is 5.10 Å². The van der Waals surface area contributed by atoms with E-state index in [1.165, 1.54) is 17.3 Å². The Morgan fingerprint density at radius 3 is 2.62 bits per heavy atom. The molecule has 0 aromatic heterocycles. The molecule has 170 valence electrons. The number of hydrogen-bond donors (Lipinski definition) is 1. The quantitative estimate of drug-likeness (QED) is 0.306. The fraction of sp³-hybridized carbons (Fsp3) is 0.400. The van der Waals surface area contributed by atoms with E-state index in [0.717, 1.165) is 24.0 Å². The molecule has 7 heteroatoms. The second kappa shape index (κ2) is 11.7. The maximum atomic E-state index is 12.3. The second-order valence-corrected chi connectivity index (χ2v) is 9.15. The van der Waals surface area contributed by atoms with Gasteiger partial charge in [-0.1, -0.05) is 63.2 Å². The SMILES string of the molecule is CCCCOc1ccc(/C=N\N=C2\NC(=O)[C@H](Cc3ccc(C(C)C)cc3)S2)cc1OC. The Morgan fingerprint density at radius 2 is 1.94 bits per heavy atom. The molecule has 1 fully saturated rings. The first kappa shape index (κ1) is 23.9.